The Labute approximate surface area is 127 Å². The minimum atomic E-state index is -0.0310. The summed E-state index contributed by atoms with van der Waals surface area (Å²) in [7, 11) is 0. The van der Waals surface area contributed by atoms with E-state index in [9.17, 15) is 10.1 Å². The molecule has 3 heterocycles. The van der Waals surface area contributed by atoms with E-state index < -0.39 is 0 Å². The monoisotopic (exact) mass is 297 g/mol. The molecule has 0 bridgehead atoms. The summed E-state index contributed by atoms with van der Waals surface area (Å²) in [5.41, 5.74) is 3.37. The van der Waals surface area contributed by atoms with Crippen LogP contribution >= 0.6 is 11.3 Å². The molecular formula is C16H15N3OS. The number of amides is 1. The summed E-state index contributed by atoms with van der Waals surface area (Å²) in [6.45, 7) is 3.38. The third kappa shape index (κ3) is 2.55. The first-order chi connectivity index (χ1) is 10.2. The third-order valence-electron chi connectivity index (χ3n) is 3.76. The van der Waals surface area contributed by atoms with Gasteiger partial charge in [0, 0.05) is 18.7 Å². The second-order valence-electron chi connectivity index (χ2n) is 5.14. The van der Waals surface area contributed by atoms with Gasteiger partial charge in [0.15, 0.2) is 0 Å². The smallest absolute Gasteiger partial charge is 0.272 e. The van der Waals surface area contributed by atoms with E-state index in [1.165, 1.54) is 0 Å². The lowest BCUT2D eigenvalue weighted by Crippen LogP contribution is -2.28. The predicted molar refractivity (Wildman–Crippen MR) is 82.1 cm³/mol. The zero-order chi connectivity index (χ0) is 14.8. The highest BCUT2D eigenvalue weighted by atomic mass is 32.1. The van der Waals surface area contributed by atoms with Gasteiger partial charge in [0.1, 0.15) is 11.8 Å². The molecule has 2 aromatic rings. The molecule has 0 atom stereocenters. The number of rotatable bonds is 2. The summed E-state index contributed by atoms with van der Waals surface area (Å²) in [5.74, 6) is -0.0310. The Morgan fingerprint density at radius 2 is 2.19 bits per heavy atom. The van der Waals surface area contributed by atoms with E-state index in [1.807, 2.05) is 21.7 Å². The quantitative estimate of drug-likeness (QED) is 0.855. The fourth-order valence-electron chi connectivity index (χ4n) is 2.65. The van der Waals surface area contributed by atoms with Crippen LogP contribution in [0, 0.1) is 18.3 Å². The molecule has 0 unspecified atom stereocenters. The highest BCUT2D eigenvalue weighted by Crippen LogP contribution is 2.28. The fraction of sp³-hybridized carbons (Fsp3) is 0.312. The summed E-state index contributed by atoms with van der Waals surface area (Å²) in [6.07, 6.45) is 2.11. The lowest BCUT2D eigenvalue weighted by atomic mass is 10.0. The van der Waals surface area contributed by atoms with Crippen LogP contribution in [0.3, 0.4) is 0 Å². The number of carbonyl (C=O) groups is 1. The SMILES string of the molecule is Cc1nc(C(=O)N2CCCC2)cc(-c2ccsc2)c1C#N. The molecule has 0 aromatic carbocycles. The molecule has 1 saturated heterocycles. The van der Waals surface area contributed by atoms with Crippen molar-refractivity contribution < 1.29 is 4.79 Å². The average Bonchev–Trinajstić information content (AvgIpc) is 3.18. The van der Waals surface area contributed by atoms with E-state index in [0.717, 1.165) is 37.1 Å². The molecule has 1 aliphatic heterocycles. The van der Waals surface area contributed by atoms with E-state index in [-0.39, 0.29) is 5.91 Å². The summed E-state index contributed by atoms with van der Waals surface area (Å²) in [4.78, 5) is 18.7. The van der Waals surface area contributed by atoms with Gasteiger partial charge in [0.05, 0.1) is 11.3 Å². The third-order valence-corrected chi connectivity index (χ3v) is 4.44. The largest absolute Gasteiger partial charge is 0.337 e. The second kappa shape index (κ2) is 5.66. The van der Waals surface area contributed by atoms with Crippen molar-refractivity contribution in [3.63, 3.8) is 0 Å². The predicted octanol–water partition coefficient (Wildman–Crippen LogP) is 3.23. The van der Waals surface area contributed by atoms with Crippen molar-refractivity contribution in [1.29, 1.82) is 5.26 Å². The Morgan fingerprint density at radius 1 is 1.43 bits per heavy atom. The molecule has 1 aliphatic rings. The average molecular weight is 297 g/mol. The van der Waals surface area contributed by atoms with Crippen molar-refractivity contribution in [2.75, 3.05) is 13.1 Å². The maximum absolute atomic E-state index is 12.5. The highest BCUT2D eigenvalue weighted by Gasteiger charge is 2.22. The molecule has 0 aliphatic carbocycles. The first-order valence-corrected chi connectivity index (χ1v) is 7.88. The molecule has 1 fully saturated rings. The van der Waals surface area contributed by atoms with Gasteiger partial charge in [-0.15, -0.1) is 0 Å². The molecule has 3 rings (SSSR count). The summed E-state index contributed by atoms with van der Waals surface area (Å²) >= 11 is 1.57. The summed E-state index contributed by atoms with van der Waals surface area (Å²) < 4.78 is 0. The van der Waals surface area contributed by atoms with Crippen molar-refractivity contribution in [2.45, 2.75) is 19.8 Å². The minimum Gasteiger partial charge on any atom is -0.337 e. The Balaban J connectivity index is 2.07. The molecule has 0 saturated carbocycles. The molecule has 0 N–H and O–H groups in total. The number of aromatic nitrogens is 1. The Morgan fingerprint density at radius 3 is 2.81 bits per heavy atom. The van der Waals surface area contributed by atoms with Crippen molar-refractivity contribution >= 4 is 17.2 Å². The molecule has 106 valence electrons. The van der Waals surface area contributed by atoms with Crippen LogP contribution < -0.4 is 0 Å². The molecular weight excluding hydrogens is 282 g/mol. The van der Waals surface area contributed by atoms with Crippen LogP contribution in [0.2, 0.25) is 0 Å². The second-order valence-corrected chi connectivity index (χ2v) is 5.92. The van der Waals surface area contributed by atoms with E-state index in [4.69, 9.17) is 0 Å². The highest BCUT2D eigenvalue weighted by molar-refractivity contribution is 7.08. The van der Waals surface area contributed by atoms with Gasteiger partial charge in [-0.3, -0.25) is 4.79 Å². The standard InChI is InChI=1S/C16H15N3OS/c1-11-14(9-17)13(12-4-7-21-10-12)8-15(18-11)16(20)19-5-2-3-6-19/h4,7-8,10H,2-3,5-6H2,1H3. The molecule has 2 aromatic heterocycles. The van der Waals surface area contributed by atoms with Gasteiger partial charge in [-0.2, -0.15) is 16.6 Å². The van der Waals surface area contributed by atoms with E-state index in [0.29, 0.717) is 17.0 Å². The number of nitrogens with zero attached hydrogens (tertiary/aromatic N) is 3. The zero-order valence-electron chi connectivity index (χ0n) is 11.8. The minimum absolute atomic E-state index is 0.0310. The van der Waals surface area contributed by atoms with Crippen LogP contribution in [0.5, 0.6) is 0 Å². The molecule has 4 nitrogen and oxygen atoms in total. The molecule has 0 spiro atoms. The lowest BCUT2D eigenvalue weighted by molar-refractivity contribution is 0.0787. The Kier molecular flexibility index (Phi) is 3.72. The van der Waals surface area contributed by atoms with Crippen LogP contribution in [0.1, 0.15) is 34.6 Å². The van der Waals surface area contributed by atoms with Gasteiger partial charge in [-0.05, 0) is 48.2 Å². The first kappa shape index (κ1) is 13.8. The maximum atomic E-state index is 12.5. The number of thiophene rings is 1. The number of carbonyl (C=O) groups excluding carboxylic acids is 1. The summed E-state index contributed by atoms with van der Waals surface area (Å²) in [6, 6.07) is 5.93. The summed E-state index contributed by atoms with van der Waals surface area (Å²) in [5, 5.41) is 13.3. The van der Waals surface area contributed by atoms with E-state index in [2.05, 4.69) is 11.1 Å². The van der Waals surface area contributed by atoms with Gasteiger partial charge < -0.3 is 4.90 Å². The Bertz CT molecular complexity index is 710. The van der Waals surface area contributed by atoms with Crippen LogP contribution in [0.25, 0.3) is 11.1 Å². The van der Waals surface area contributed by atoms with E-state index >= 15 is 0 Å². The van der Waals surface area contributed by atoms with Crippen LogP contribution in [-0.2, 0) is 0 Å². The first-order valence-electron chi connectivity index (χ1n) is 6.94. The number of aryl methyl sites for hydroxylation is 1. The molecule has 21 heavy (non-hydrogen) atoms. The number of hydrogen-bond acceptors (Lipinski definition) is 4. The van der Waals surface area contributed by atoms with Gasteiger partial charge >= 0.3 is 0 Å². The normalized spacial score (nSPS) is 14.2. The number of hydrogen-bond donors (Lipinski definition) is 0. The van der Waals surface area contributed by atoms with E-state index in [1.54, 1.807) is 24.3 Å². The van der Waals surface area contributed by atoms with Crippen LogP contribution in [-0.4, -0.2) is 28.9 Å². The van der Waals surface area contributed by atoms with Crippen molar-refractivity contribution in [2.24, 2.45) is 0 Å². The topological polar surface area (TPSA) is 57.0 Å². The van der Waals surface area contributed by atoms with Crippen molar-refractivity contribution in [3.05, 3.63) is 39.8 Å². The van der Waals surface area contributed by atoms with Crippen LogP contribution in [0.4, 0.5) is 0 Å². The number of pyridine rings is 1. The maximum Gasteiger partial charge on any atom is 0.272 e. The lowest BCUT2D eigenvalue weighted by Gasteiger charge is -2.16. The molecule has 5 heteroatoms. The van der Waals surface area contributed by atoms with Crippen molar-refractivity contribution in [1.82, 2.24) is 9.88 Å². The molecule has 1 amide bonds. The molecule has 0 radical (unpaired) electrons. The van der Waals surface area contributed by atoms with Gasteiger partial charge in [-0.25, -0.2) is 4.98 Å². The number of nitriles is 1. The fourth-order valence-corrected chi connectivity index (χ4v) is 3.31. The van der Waals surface area contributed by atoms with Gasteiger partial charge in [-0.1, -0.05) is 0 Å². The zero-order valence-corrected chi connectivity index (χ0v) is 12.6. The van der Waals surface area contributed by atoms with Gasteiger partial charge in [0.2, 0.25) is 0 Å². The Hall–Kier alpha value is -2.19. The van der Waals surface area contributed by atoms with Gasteiger partial charge in [0.25, 0.3) is 5.91 Å². The van der Waals surface area contributed by atoms with Crippen LogP contribution in [0.15, 0.2) is 22.9 Å². The van der Waals surface area contributed by atoms with Crippen molar-refractivity contribution in [3.8, 4) is 17.2 Å². The number of likely N-dealkylation sites (tertiary alicyclic amines) is 1.